The molecule has 0 aliphatic carbocycles. The number of methoxy groups -OCH3 is 1. The minimum absolute atomic E-state index is 0.0877. The second-order valence-electron chi connectivity index (χ2n) is 11.3. The molecule has 0 aromatic heterocycles. The summed E-state index contributed by atoms with van der Waals surface area (Å²) >= 11 is 0. The van der Waals surface area contributed by atoms with Crippen LogP contribution in [0.25, 0.3) is 0 Å². The standard InChI is InChI=1S/C30H40N4O6/c1-30(2,3)40-29(36)32-14-12-31(13-15-32)25-21-24(37-4)20-22-10-11-26(39-27(22)25)28(35)34(23-8-6-5-7-9-23)33-16-18-38-19-17-33/h5-9,20-21,26H,10-19H2,1-4H3. The largest absolute Gasteiger partial charge is 0.497 e. The number of amides is 2. The Hall–Kier alpha value is -3.50. The Labute approximate surface area is 236 Å². The van der Waals surface area contributed by atoms with Crippen LogP contribution in [-0.4, -0.2) is 93.2 Å². The zero-order chi connectivity index (χ0) is 28.3. The first kappa shape index (κ1) is 28.0. The van der Waals surface area contributed by atoms with E-state index in [1.165, 1.54) is 0 Å². The number of anilines is 2. The van der Waals surface area contributed by atoms with Crippen molar-refractivity contribution in [3.8, 4) is 11.5 Å². The van der Waals surface area contributed by atoms with Crippen molar-refractivity contribution in [2.45, 2.75) is 45.3 Å². The predicted molar refractivity (Wildman–Crippen MR) is 152 cm³/mol. The molecule has 5 rings (SSSR count). The molecule has 2 aromatic rings. The van der Waals surface area contributed by atoms with Gasteiger partial charge in [-0.05, 0) is 51.8 Å². The number of fused-ring (bicyclic) bond motifs is 1. The van der Waals surface area contributed by atoms with Gasteiger partial charge in [-0.25, -0.2) is 14.8 Å². The third-order valence-electron chi connectivity index (χ3n) is 7.32. The fourth-order valence-electron chi connectivity index (χ4n) is 5.33. The molecule has 0 spiro atoms. The number of morpholine rings is 1. The highest BCUT2D eigenvalue weighted by molar-refractivity contribution is 5.96. The normalized spacial score (nSPS) is 19.9. The topological polar surface area (TPSA) is 84.0 Å². The van der Waals surface area contributed by atoms with E-state index >= 15 is 0 Å². The molecular weight excluding hydrogens is 512 g/mol. The van der Waals surface area contributed by atoms with Crippen LogP contribution in [-0.2, 0) is 20.7 Å². The molecule has 0 bridgehead atoms. The van der Waals surface area contributed by atoms with Crippen molar-refractivity contribution < 1.29 is 28.5 Å². The van der Waals surface area contributed by atoms with E-state index in [4.69, 9.17) is 18.9 Å². The number of carbonyl (C=O) groups is 2. The van der Waals surface area contributed by atoms with Gasteiger partial charge in [0.2, 0.25) is 0 Å². The number of carbonyl (C=O) groups excluding carboxylic acids is 2. The van der Waals surface area contributed by atoms with E-state index in [1.807, 2.05) is 68.2 Å². The number of hydrogen-bond donors (Lipinski definition) is 0. The Morgan fingerprint density at radius 3 is 2.33 bits per heavy atom. The number of hydrogen-bond acceptors (Lipinski definition) is 8. The summed E-state index contributed by atoms with van der Waals surface area (Å²) in [7, 11) is 1.65. The first-order valence-corrected chi connectivity index (χ1v) is 14.1. The molecule has 3 aliphatic rings. The minimum Gasteiger partial charge on any atom is -0.497 e. The second kappa shape index (κ2) is 11.9. The van der Waals surface area contributed by atoms with Crippen molar-refractivity contribution in [1.29, 1.82) is 0 Å². The molecule has 0 N–H and O–H groups in total. The van der Waals surface area contributed by atoms with Gasteiger partial charge in [0.05, 0.1) is 31.7 Å². The lowest BCUT2D eigenvalue weighted by Crippen LogP contribution is -2.56. The number of piperazine rings is 1. The van der Waals surface area contributed by atoms with E-state index in [0.29, 0.717) is 71.1 Å². The van der Waals surface area contributed by atoms with Crippen molar-refractivity contribution in [2.75, 3.05) is 69.5 Å². The Kier molecular flexibility index (Phi) is 8.37. The predicted octanol–water partition coefficient (Wildman–Crippen LogP) is 3.73. The van der Waals surface area contributed by atoms with E-state index < -0.39 is 11.7 Å². The van der Waals surface area contributed by atoms with Crippen LogP contribution in [0.15, 0.2) is 42.5 Å². The van der Waals surface area contributed by atoms with Gasteiger partial charge in [0.25, 0.3) is 5.91 Å². The molecule has 40 heavy (non-hydrogen) atoms. The number of aryl methyl sites for hydroxylation is 1. The number of ether oxygens (including phenoxy) is 4. The molecule has 10 nitrogen and oxygen atoms in total. The average Bonchev–Trinajstić information content (AvgIpc) is 2.96. The Bertz CT molecular complexity index is 1190. The van der Waals surface area contributed by atoms with Crippen LogP contribution in [0.3, 0.4) is 0 Å². The van der Waals surface area contributed by atoms with Crippen LogP contribution in [0.5, 0.6) is 11.5 Å². The summed E-state index contributed by atoms with van der Waals surface area (Å²) in [5.74, 6) is 1.37. The van der Waals surface area contributed by atoms with Crippen LogP contribution < -0.4 is 19.4 Å². The highest BCUT2D eigenvalue weighted by atomic mass is 16.6. The molecule has 1 atom stereocenters. The first-order valence-electron chi connectivity index (χ1n) is 14.1. The zero-order valence-electron chi connectivity index (χ0n) is 23.9. The van der Waals surface area contributed by atoms with Crippen molar-refractivity contribution in [2.24, 2.45) is 0 Å². The summed E-state index contributed by atoms with van der Waals surface area (Å²) in [6.45, 7) is 10.3. The minimum atomic E-state index is -0.634. The van der Waals surface area contributed by atoms with Crippen molar-refractivity contribution >= 4 is 23.4 Å². The van der Waals surface area contributed by atoms with Gasteiger partial charge in [0.1, 0.15) is 17.1 Å². The van der Waals surface area contributed by atoms with Gasteiger partial charge < -0.3 is 28.7 Å². The summed E-state index contributed by atoms with van der Waals surface area (Å²) < 4.78 is 23.3. The SMILES string of the molecule is COc1cc2c(c(N3CCN(C(=O)OC(C)(C)C)CC3)c1)OC(C(=O)N(c1ccccc1)N1CCOCC1)CC2. The molecule has 2 fully saturated rings. The summed E-state index contributed by atoms with van der Waals surface area (Å²) in [5, 5.41) is 3.81. The van der Waals surface area contributed by atoms with Crippen LogP contribution in [0.1, 0.15) is 32.8 Å². The molecule has 3 aliphatic heterocycles. The molecule has 0 radical (unpaired) electrons. The molecule has 216 valence electrons. The van der Waals surface area contributed by atoms with Crippen molar-refractivity contribution in [3.05, 3.63) is 48.0 Å². The number of para-hydroxylation sites is 1. The quantitative estimate of drug-likeness (QED) is 0.555. The number of benzene rings is 2. The van der Waals surface area contributed by atoms with Gasteiger partial charge in [-0.3, -0.25) is 4.79 Å². The number of hydrazine groups is 1. The van der Waals surface area contributed by atoms with E-state index in [2.05, 4.69) is 4.90 Å². The summed E-state index contributed by atoms with van der Waals surface area (Å²) in [6.07, 6.45) is 0.328. The maximum atomic E-state index is 14.1. The van der Waals surface area contributed by atoms with E-state index in [0.717, 1.165) is 22.7 Å². The zero-order valence-corrected chi connectivity index (χ0v) is 23.9. The van der Waals surface area contributed by atoms with E-state index in [1.54, 1.807) is 17.0 Å². The highest BCUT2D eigenvalue weighted by Crippen LogP contribution is 2.41. The van der Waals surface area contributed by atoms with Gasteiger partial charge in [-0.1, -0.05) is 18.2 Å². The Balaban J connectivity index is 1.37. The lowest BCUT2D eigenvalue weighted by Gasteiger charge is -2.41. The molecule has 2 saturated heterocycles. The summed E-state index contributed by atoms with van der Waals surface area (Å²) in [5.41, 5.74) is 2.18. The molecule has 2 amide bonds. The van der Waals surface area contributed by atoms with Gasteiger partial charge in [-0.15, -0.1) is 0 Å². The molecule has 2 aromatic carbocycles. The average molecular weight is 553 g/mol. The smallest absolute Gasteiger partial charge is 0.410 e. The maximum absolute atomic E-state index is 14.1. The van der Waals surface area contributed by atoms with Crippen LogP contribution in [0.4, 0.5) is 16.2 Å². The van der Waals surface area contributed by atoms with Crippen molar-refractivity contribution in [3.63, 3.8) is 0 Å². The number of nitrogens with zero attached hydrogens (tertiary/aromatic N) is 4. The summed E-state index contributed by atoms with van der Waals surface area (Å²) in [6, 6.07) is 13.7. The molecular formula is C30H40N4O6. The van der Waals surface area contributed by atoms with E-state index in [-0.39, 0.29) is 12.0 Å². The van der Waals surface area contributed by atoms with Crippen LogP contribution >= 0.6 is 0 Å². The monoisotopic (exact) mass is 552 g/mol. The van der Waals surface area contributed by atoms with Gasteiger partial charge >= 0.3 is 6.09 Å². The Morgan fingerprint density at radius 1 is 0.975 bits per heavy atom. The highest BCUT2D eigenvalue weighted by Gasteiger charge is 2.37. The second-order valence-corrected chi connectivity index (χ2v) is 11.3. The number of rotatable bonds is 5. The van der Waals surface area contributed by atoms with Gasteiger partial charge in [0, 0.05) is 50.9 Å². The molecule has 0 saturated carbocycles. The van der Waals surface area contributed by atoms with Crippen molar-refractivity contribution in [1.82, 2.24) is 9.91 Å². The van der Waals surface area contributed by atoms with Gasteiger partial charge in [-0.2, -0.15) is 0 Å². The fourth-order valence-corrected chi connectivity index (χ4v) is 5.33. The maximum Gasteiger partial charge on any atom is 0.410 e. The molecule has 1 unspecified atom stereocenters. The third kappa shape index (κ3) is 6.28. The van der Waals surface area contributed by atoms with Crippen LogP contribution in [0.2, 0.25) is 0 Å². The van der Waals surface area contributed by atoms with Gasteiger partial charge in [0.15, 0.2) is 6.10 Å². The summed E-state index contributed by atoms with van der Waals surface area (Å²) in [4.78, 5) is 30.6. The van der Waals surface area contributed by atoms with E-state index in [9.17, 15) is 9.59 Å². The third-order valence-corrected chi connectivity index (χ3v) is 7.32. The first-order chi connectivity index (χ1) is 19.2. The Morgan fingerprint density at radius 2 is 1.68 bits per heavy atom. The lowest BCUT2D eigenvalue weighted by molar-refractivity contribution is -0.130. The lowest BCUT2D eigenvalue weighted by atomic mass is 9.99. The fraction of sp³-hybridized carbons (Fsp3) is 0.533. The molecule has 10 heteroatoms. The van der Waals surface area contributed by atoms with Crippen LogP contribution in [0, 0.1) is 0 Å². The molecule has 3 heterocycles.